The SMILES string of the molecule is CCCCCC(C)(C)CNC(=O)c1ccc(NN)cn1. The van der Waals surface area contributed by atoms with Crippen LogP contribution >= 0.6 is 0 Å². The van der Waals surface area contributed by atoms with Gasteiger partial charge in [0.2, 0.25) is 0 Å². The third-order valence-corrected chi connectivity index (χ3v) is 3.35. The van der Waals surface area contributed by atoms with Gasteiger partial charge in [-0.25, -0.2) is 4.98 Å². The minimum absolute atomic E-state index is 0.115. The van der Waals surface area contributed by atoms with Crippen molar-refractivity contribution in [3.05, 3.63) is 24.0 Å². The van der Waals surface area contributed by atoms with Gasteiger partial charge in [-0.1, -0.05) is 40.0 Å². The van der Waals surface area contributed by atoms with Crippen LogP contribution in [0.2, 0.25) is 0 Å². The van der Waals surface area contributed by atoms with Gasteiger partial charge in [-0.05, 0) is 24.0 Å². The zero-order chi connectivity index (χ0) is 15.0. The number of nitrogens with two attached hydrogens (primary N) is 1. The van der Waals surface area contributed by atoms with Crippen LogP contribution in [0.4, 0.5) is 5.69 Å². The van der Waals surface area contributed by atoms with Gasteiger partial charge in [0.1, 0.15) is 5.69 Å². The Morgan fingerprint density at radius 2 is 2.10 bits per heavy atom. The molecule has 1 amide bonds. The van der Waals surface area contributed by atoms with Crippen LogP contribution < -0.4 is 16.6 Å². The Bertz CT molecular complexity index is 414. The summed E-state index contributed by atoms with van der Waals surface area (Å²) < 4.78 is 0. The van der Waals surface area contributed by atoms with Crippen LogP contribution in [0.15, 0.2) is 18.3 Å². The third kappa shape index (κ3) is 5.57. The lowest BCUT2D eigenvalue weighted by Crippen LogP contribution is -2.34. The van der Waals surface area contributed by atoms with Crippen LogP contribution in [-0.2, 0) is 0 Å². The van der Waals surface area contributed by atoms with Gasteiger partial charge in [0.05, 0.1) is 11.9 Å². The molecule has 0 fully saturated rings. The number of carbonyl (C=O) groups is 1. The Kier molecular flexibility index (Phi) is 6.45. The molecule has 0 atom stereocenters. The normalized spacial score (nSPS) is 11.2. The van der Waals surface area contributed by atoms with Crippen molar-refractivity contribution in [1.29, 1.82) is 0 Å². The van der Waals surface area contributed by atoms with Gasteiger partial charge >= 0.3 is 0 Å². The number of carbonyl (C=O) groups excluding carboxylic acids is 1. The predicted octanol–water partition coefficient (Wildman–Crippen LogP) is 2.70. The minimum Gasteiger partial charge on any atom is -0.350 e. The second kappa shape index (κ2) is 7.85. The highest BCUT2D eigenvalue weighted by atomic mass is 16.1. The van der Waals surface area contributed by atoms with Crippen molar-refractivity contribution in [2.45, 2.75) is 46.5 Å². The van der Waals surface area contributed by atoms with Crippen LogP contribution in [0.1, 0.15) is 56.9 Å². The Labute approximate surface area is 121 Å². The first-order chi connectivity index (χ1) is 9.48. The molecule has 0 bridgehead atoms. The van der Waals surface area contributed by atoms with E-state index < -0.39 is 0 Å². The van der Waals surface area contributed by atoms with E-state index >= 15 is 0 Å². The lowest BCUT2D eigenvalue weighted by molar-refractivity contribution is 0.0929. The number of unbranched alkanes of at least 4 members (excludes halogenated alkanes) is 2. The molecule has 0 aromatic carbocycles. The molecule has 20 heavy (non-hydrogen) atoms. The standard InChI is InChI=1S/C15H26N4O/c1-4-5-6-9-15(2,3)11-18-14(20)13-8-7-12(19-16)10-17-13/h7-8,10,19H,4-6,9,11,16H2,1-3H3,(H,18,20). The van der Waals surface area contributed by atoms with E-state index in [0.717, 1.165) is 6.42 Å². The molecule has 0 unspecified atom stereocenters. The molecule has 0 saturated carbocycles. The summed E-state index contributed by atoms with van der Waals surface area (Å²) in [6.07, 6.45) is 6.32. The fourth-order valence-corrected chi connectivity index (χ4v) is 1.97. The molecule has 0 spiro atoms. The second-order valence-electron chi connectivity index (χ2n) is 5.88. The van der Waals surface area contributed by atoms with E-state index in [1.807, 2.05) is 0 Å². The van der Waals surface area contributed by atoms with Gasteiger partial charge in [0, 0.05) is 6.54 Å². The largest absolute Gasteiger partial charge is 0.350 e. The molecule has 4 N–H and O–H groups in total. The van der Waals surface area contributed by atoms with Crippen LogP contribution in [-0.4, -0.2) is 17.4 Å². The summed E-state index contributed by atoms with van der Waals surface area (Å²) in [6.45, 7) is 7.21. The van der Waals surface area contributed by atoms with E-state index in [1.165, 1.54) is 19.3 Å². The molecule has 0 aliphatic heterocycles. The molecule has 0 aliphatic carbocycles. The number of nitrogens with one attached hydrogen (secondary N) is 2. The maximum absolute atomic E-state index is 12.0. The van der Waals surface area contributed by atoms with Gasteiger partial charge < -0.3 is 10.7 Å². The van der Waals surface area contributed by atoms with Crippen molar-refractivity contribution in [1.82, 2.24) is 10.3 Å². The van der Waals surface area contributed by atoms with E-state index in [2.05, 4.69) is 36.5 Å². The van der Waals surface area contributed by atoms with Crippen molar-refractivity contribution in [3.8, 4) is 0 Å². The van der Waals surface area contributed by atoms with Gasteiger partial charge in [-0.3, -0.25) is 10.6 Å². The van der Waals surface area contributed by atoms with Gasteiger partial charge in [0.25, 0.3) is 5.91 Å². The number of hydrazine groups is 1. The smallest absolute Gasteiger partial charge is 0.269 e. The monoisotopic (exact) mass is 278 g/mol. The fraction of sp³-hybridized carbons (Fsp3) is 0.600. The van der Waals surface area contributed by atoms with Crippen molar-refractivity contribution >= 4 is 11.6 Å². The number of nitrogens with zero attached hydrogens (tertiary/aromatic N) is 1. The van der Waals surface area contributed by atoms with Gasteiger partial charge in [0.15, 0.2) is 0 Å². The number of pyridine rings is 1. The topological polar surface area (TPSA) is 80.0 Å². The number of anilines is 1. The number of nitrogen functional groups attached to an aromatic ring is 1. The molecule has 1 heterocycles. The number of hydrogen-bond donors (Lipinski definition) is 3. The summed E-state index contributed by atoms with van der Waals surface area (Å²) in [5, 5.41) is 2.95. The molecule has 5 heteroatoms. The summed E-state index contributed by atoms with van der Waals surface area (Å²) >= 11 is 0. The Hall–Kier alpha value is -1.62. The quantitative estimate of drug-likeness (QED) is 0.388. The van der Waals surface area contributed by atoms with E-state index in [9.17, 15) is 4.79 Å². The first-order valence-corrected chi connectivity index (χ1v) is 7.19. The van der Waals surface area contributed by atoms with Gasteiger partial charge in [-0.2, -0.15) is 0 Å². The van der Waals surface area contributed by atoms with Crippen molar-refractivity contribution in [2.24, 2.45) is 11.3 Å². The molecule has 1 aromatic rings. The third-order valence-electron chi connectivity index (χ3n) is 3.35. The molecule has 0 saturated heterocycles. The molecular formula is C15H26N4O. The van der Waals surface area contributed by atoms with Crippen LogP contribution in [0.5, 0.6) is 0 Å². The molecule has 0 aliphatic rings. The molecular weight excluding hydrogens is 252 g/mol. The van der Waals surface area contributed by atoms with E-state index in [1.54, 1.807) is 18.3 Å². The molecule has 112 valence electrons. The highest BCUT2D eigenvalue weighted by molar-refractivity contribution is 5.92. The zero-order valence-corrected chi connectivity index (χ0v) is 12.7. The van der Waals surface area contributed by atoms with Crippen molar-refractivity contribution in [2.75, 3.05) is 12.0 Å². The summed E-state index contributed by atoms with van der Waals surface area (Å²) in [5.41, 5.74) is 3.69. The van der Waals surface area contributed by atoms with Crippen LogP contribution in [0.3, 0.4) is 0 Å². The van der Waals surface area contributed by atoms with Crippen LogP contribution in [0.25, 0.3) is 0 Å². The highest BCUT2D eigenvalue weighted by Crippen LogP contribution is 2.22. The first-order valence-electron chi connectivity index (χ1n) is 7.19. The van der Waals surface area contributed by atoms with E-state index in [0.29, 0.717) is 17.9 Å². The Morgan fingerprint density at radius 1 is 1.35 bits per heavy atom. The Balaban J connectivity index is 2.45. The number of amides is 1. The minimum atomic E-state index is -0.142. The van der Waals surface area contributed by atoms with Crippen molar-refractivity contribution in [3.63, 3.8) is 0 Å². The van der Waals surface area contributed by atoms with Crippen molar-refractivity contribution < 1.29 is 4.79 Å². The second-order valence-corrected chi connectivity index (χ2v) is 5.88. The van der Waals surface area contributed by atoms with Gasteiger partial charge in [-0.15, -0.1) is 0 Å². The first kappa shape index (κ1) is 16.4. The molecule has 1 aromatic heterocycles. The summed E-state index contributed by atoms with van der Waals surface area (Å²) in [6, 6.07) is 3.39. The molecule has 1 rings (SSSR count). The van der Waals surface area contributed by atoms with E-state index in [4.69, 9.17) is 5.84 Å². The average Bonchev–Trinajstić information content (AvgIpc) is 2.45. The number of aromatic nitrogens is 1. The lowest BCUT2D eigenvalue weighted by atomic mass is 9.87. The maximum atomic E-state index is 12.0. The zero-order valence-electron chi connectivity index (χ0n) is 12.7. The molecule has 5 nitrogen and oxygen atoms in total. The summed E-state index contributed by atoms with van der Waals surface area (Å²) in [7, 11) is 0. The molecule has 0 radical (unpaired) electrons. The van der Waals surface area contributed by atoms with E-state index in [-0.39, 0.29) is 11.3 Å². The summed E-state index contributed by atoms with van der Waals surface area (Å²) in [4.78, 5) is 16.1. The summed E-state index contributed by atoms with van der Waals surface area (Å²) in [5.74, 6) is 5.12. The lowest BCUT2D eigenvalue weighted by Gasteiger charge is -2.24. The number of rotatable bonds is 8. The fourth-order valence-electron chi connectivity index (χ4n) is 1.97. The highest BCUT2D eigenvalue weighted by Gasteiger charge is 2.19. The predicted molar refractivity (Wildman–Crippen MR) is 82.3 cm³/mol. The maximum Gasteiger partial charge on any atom is 0.269 e. The average molecular weight is 278 g/mol. The Morgan fingerprint density at radius 3 is 2.65 bits per heavy atom. The number of hydrogen-bond acceptors (Lipinski definition) is 4. The van der Waals surface area contributed by atoms with Crippen LogP contribution in [0, 0.1) is 5.41 Å².